The standard InChI is InChI=1S/C21H14Cl2F3NOS/c22-15-7-9-16(10-8-15)29-19(13-4-2-1-3-5-13)20(28)27-18-12-14(21(24,25)26)6-11-17(18)23/h1-12,19H,(H,27,28). The maximum absolute atomic E-state index is 13.0. The first-order chi connectivity index (χ1) is 13.7. The van der Waals surface area contributed by atoms with E-state index < -0.39 is 22.9 Å². The average molecular weight is 456 g/mol. The lowest BCUT2D eigenvalue weighted by Crippen LogP contribution is -2.19. The molecule has 8 heteroatoms. The third-order valence-corrected chi connectivity index (χ3v) is 5.81. The van der Waals surface area contributed by atoms with Crippen LogP contribution in [0.3, 0.4) is 0 Å². The van der Waals surface area contributed by atoms with Gasteiger partial charge in [-0.05, 0) is 48.0 Å². The lowest BCUT2D eigenvalue weighted by Gasteiger charge is -2.18. The van der Waals surface area contributed by atoms with Crippen LogP contribution < -0.4 is 5.32 Å². The highest BCUT2D eigenvalue weighted by atomic mass is 35.5. The second-order valence-electron chi connectivity index (χ2n) is 6.04. The van der Waals surface area contributed by atoms with Gasteiger partial charge in [0.25, 0.3) is 0 Å². The molecule has 0 spiro atoms. The minimum Gasteiger partial charge on any atom is -0.323 e. The molecule has 2 nitrogen and oxygen atoms in total. The molecule has 0 aromatic heterocycles. The molecule has 1 amide bonds. The van der Waals surface area contributed by atoms with E-state index in [1.165, 1.54) is 11.8 Å². The van der Waals surface area contributed by atoms with E-state index in [4.69, 9.17) is 23.2 Å². The minimum absolute atomic E-state index is 0.0228. The highest BCUT2D eigenvalue weighted by Crippen LogP contribution is 2.38. The summed E-state index contributed by atoms with van der Waals surface area (Å²) in [5, 5.41) is 2.41. The van der Waals surface area contributed by atoms with Crippen LogP contribution in [0.2, 0.25) is 10.0 Å². The summed E-state index contributed by atoms with van der Waals surface area (Å²) in [6.45, 7) is 0. The van der Waals surface area contributed by atoms with Gasteiger partial charge in [-0.15, -0.1) is 11.8 Å². The van der Waals surface area contributed by atoms with Gasteiger partial charge < -0.3 is 5.32 Å². The molecular formula is C21H14Cl2F3NOS. The number of halogens is 5. The van der Waals surface area contributed by atoms with E-state index in [2.05, 4.69) is 5.32 Å². The Morgan fingerprint density at radius 2 is 1.59 bits per heavy atom. The summed E-state index contributed by atoms with van der Waals surface area (Å²) in [4.78, 5) is 13.8. The summed E-state index contributed by atoms with van der Waals surface area (Å²) in [6.07, 6.45) is -4.54. The molecule has 0 radical (unpaired) electrons. The van der Waals surface area contributed by atoms with E-state index in [0.29, 0.717) is 10.6 Å². The molecule has 0 heterocycles. The maximum Gasteiger partial charge on any atom is 0.416 e. The molecule has 1 unspecified atom stereocenters. The first kappa shape index (κ1) is 21.6. The van der Waals surface area contributed by atoms with Crippen molar-refractivity contribution in [3.05, 3.63) is 94.0 Å². The average Bonchev–Trinajstić information content (AvgIpc) is 2.69. The molecule has 0 aliphatic rings. The molecule has 29 heavy (non-hydrogen) atoms. The van der Waals surface area contributed by atoms with Gasteiger partial charge in [0.15, 0.2) is 0 Å². The van der Waals surface area contributed by atoms with E-state index in [0.717, 1.165) is 23.1 Å². The highest BCUT2D eigenvalue weighted by Gasteiger charge is 2.31. The smallest absolute Gasteiger partial charge is 0.323 e. The van der Waals surface area contributed by atoms with Gasteiger partial charge in [0, 0.05) is 9.92 Å². The number of benzene rings is 3. The van der Waals surface area contributed by atoms with Crippen molar-refractivity contribution in [2.75, 3.05) is 5.32 Å². The fraction of sp³-hybridized carbons (Fsp3) is 0.0952. The van der Waals surface area contributed by atoms with Crippen LogP contribution in [0.25, 0.3) is 0 Å². The number of carbonyl (C=O) groups is 1. The molecule has 0 fully saturated rings. The number of rotatable bonds is 5. The third kappa shape index (κ3) is 5.69. The molecule has 0 saturated heterocycles. The summed E-state index contributed by atoms with van der Waals surface area (Å²) in [6, 6.07) is 18.7. The fourth-order valence-corrected chi connectivity index (χ4v) is 3.86. The zero-order valence-corrected chi connectivity index (χ0v) is 17.0. The number of nitrogens with one attached hydrogen (secondary N) is 1. The van der Waals surface area contributed by atoms with Gasteiger partial charge in [0.1, 0.15) is 5.25 Å². The fourth-order valence-electron chi connectivity index (χ4n) is 2.55. The first-order valence-corrected chi connectivity index (χ1v) is 10.0. The summed E-state index contributed by atoms with van der Waals surface area (Å²) < 4.78 is 39.0. The number of hydrogen-bond acceptors (Lipinski definition) is 2. The lowest BCUT2D eigenvalue weighted by atomic mass is 10.1. The van der Waals surface area contributed by atoms with Crippen molar-refractivity contribution in [1.29, 1.82) is 0 Å². The Bertz CT molecular complexity index is 995. The number of hydrogen-bond donors (Lipinski definition) is 1. The van der Waals surface area contributed by atoms with Gasteiger partial charge in [-0.2, -0.15) is 13.2 Å². The number of alkyl halides is 3. The van der Waals surface area contributed by atoms with Crippen molar-refractivity contribution in [3.63, 3.8) is 0 Å². The second-order valence-corrected chi connectivity index (χ2v) is 8.07. The van der Waals surface area contributed by atoms with Crippen molar-refractivity contribution in [1.82, 2.24) is 0 Å². The van der Waals surface area contributed by atoms with Gasteiger partial charge in [-0.25, -0.2) is 0 Å². The summed E-state index contributed by atoms with van der Waals surface area (Å²) in [5.74, 6) is -0.489. The number of thioether (sulfide) groups is 1. The van der Waals surface area contributed by atoms with E-state index in [1.807, 2.05) is 6.07 Å². The van der Waals surface area contributed by atoms with Crippen LogP contribution in [0.4, 0.5) is 18.9 Å². The van der Waals surface area contributed by atoms with E-state index in [-0.39, 0.29) is 10.7 Å². The van der Waals surface area contributed by atoms with E-state index in [1.54, 1.807) is 48.5 Å². The van der Waals surface area contributed by atoms with Crippen molar-refractivity contribution in [3.8, 4) is 0 Å². The first-order valence-electron chi connectivity index (χ1n) is 8.39. The van der Waals surface area contributed by atoms with Crippen LogP contribution in [-0.4, -0.2) is 5.91 Å². The Hall–Kier alpha value is -2.15. The van der Waals surface area contributed by atoms with Crippen LogP contribution >= 0.6 is 35.0 Å². The van der Waals surface area contributed by atoms with Crippen LogP contribution in [0.1, 0.15) is 16.4 Å². The Kier molecular flexibility index (Phi) is 6.77. The van der Waals surface area contributed by atoms with Crippen LogP contribution in [0.15, 0.2) is 77.7 Å². The highest BCUT2D eigenvalue weighted by molar-refractivity contribution is 8.00. The summed E-state index contributed by atoms with van der Waals surface area (Å²) >= 11 is 13.2. The molecular weight excluding hydrogens is 442 g/mol. The Morgan fingerprint density at radius 3 is 2.21 bits per heavy atom. The van der Waals surface area contributed by atoms with Crippen LogP contribution in [0.5, 0.6) is 0 Å². The molecule has 0 bridgehead atoms. The van der Waals surface area contributed by atoms with Crippen LogP contribution in [-0.2, 0) is 11.0 Å². The second kappa shape index (κ2) is 9.11. The zero-order chi connectivity index (χ0) is 21.0. The van der Waals surface area contributed by atoms with Gasteiger partial charge in [0.2, 0.25) is 5.91 Å². The summed E-state index contributed by atoms with van der Waals surface area (Å²) in [5.41, 5.74) is -0.281. The minimum atomic E-state index is -4.54. The topological polar surface area (TPSA) is 29.1 Å². The largest absolute Gasteiger partial charge is 0.416 e. The van der Waals surface area contributed by atoms with Crippen molar-refractivity contribution >= 4 is 46.6 Å². The van der Waals surface area contributed by atoms with Gasteiger partial charge in [0.05, 0.1) is 16.3 Å². The molecule has 3 rings (SSSR count). The summed E-state index contributed by atoms with van der Waals surface area (Å²) in [7, 11) is 0. The Morgan fingerprint density at radius 1 is 0.931 bits per heavy atom. The van der Waals surface area contributed by atoms with Crippen LogP contribution in [0, 0.1) is 0 Å². The normalized spacial score (nSPS) is 12.4. The number of amides is 1. The molecule has 3 aromatic carbocycles. The number of carbonyl (C=O) groups excluding carboxylic acids is 1. The third-order valence-electron chi connectivity index (χ3n) is 3.96. The zero-order valence-electron chi connectivity index (χ0n) is 14.7. The molecule has 150 valence electrons. The molecule has 0 aliphatic heterocycles. The Labute approximate surface area is 180 Å². The van der Waals surface area contributed by atoms with Crippen molar-refractivity contribution in [2.24, 2.45) is 0 Å². The quantitative estimate of drug-likeness (QED) is 0.403. The predicted octanol–water partition coefficient (Wildman–Crippen LogP) is 7.48. The monoisotopic (exact) mass is 455 g/mol. The molecule has 0 saturated carbocycles. The number of anilines is 1. The van der Waals surface area contributed by atoms with E-state index >= 15 is 0 Å². The lowest BCUT2D eigenvalue weighted by molar-refractivity contribution is -0.137. The van der Waals surface area contributed by atoms with Crippen molar-refractivity contribution < 1.29 is 18.0 Å². The van der Waals surface area contributed by atoms with E-state index in [9.17, 15) is 18.0 Å². The Balaban J connectivity index is 1.90. The molecule has 0 aliphatic carbocycles. The SMILES string of the molecule is O=C(Nc1cc(C(F)(F)F)ccc1Cl)C(Sc1ccc(Cl)cc1)c1ccccc1. The molecule has 3 aromatic rings. The van der Waals surface area contributed by atoms with Crippen molar-refractivity contribution in [2.45, 2.75) is 16.3 Å². The van der Waals surface area contributed by atoms with Gasteiger partial charge in [-0.1, -0.05) is 53.5 Å². The van der Waals surface area contributed by atoms with Gasteiger partial charge in [-0.3, -0.25) is 4.79 Å². The molecule has 1 atom stereocenters. The maximum atomic E-state index is 13.0. The van der Waals surface area contributed by atoms with Gasteiger partial charge >= 0.3 is 6.18 Å². The predicted molar refractivity (Wildman–Crippen MR) is 112 cm³/mol. The molecule has 1 N–H and O–H groups in total.